The summed E-state index contributed by atoms with van der Waals surface area (Å²) in [6.07, 6.45) is -4.59. The minimum Gasteiger partial charge on any atom is -0.481 e. The first-order valence-electron chi connectivity index (χ1n) is 5.97. The Labute approximate surface area is 112 Å². The van der Waals surface area contributed by atoms with E-state index in [1.165, 1.54) is 12.1 Å². The lowest BCUT2D eigenvalue weighted by atomic mass is 10.1. The Morgan fingerprint density at radius 1 is 1.45 bits per heavy atom. The quantitative estimate of drug-likeness (QED) is 0.926. The zero-order valence-electron chi connectivity index (χ0n) is 10.4. The Balaban J connectivity index is 2.05. The van der Waals surface area contributed by atoms with E-state index < -0.39 is 23.8 Å². The van der Waals surface area contributed by atoms with Crippen molar-refractivity contribution in [3.8, 4) is 0 Å². The van der Waals surface area contributed by atoms with Gasteiger partial charge in [0.2, 0.25) is 5.90 Å². The van der Waals surface area contributed by atoms with E-state index in [0.29, 0.717) is 0 Å². The third-order valence-electron chi connectivity index (χ3n) is 2.83. The van der Waals surface area contributed by atoms with E-state index in [2.05, 4.69) is 4.99 Å². The summed E-state index contributed by atoms with van der Waals surface area (Å²) in [6.45, 7) is 0.263. The molecule has 1 aliphatic rings. The maximum Gasteiger partial charge on any atom is 0.416 e. The fraction of sp³-hybridized carbons (Fsp3) is 0.385. The number of nitrogens with zero attached hydrogens (tertiary/aromatic N) is 1. The molecule has 0 amide bonds. The van der Waals surface area contributed by atoms with Crippen molar-refractivity contribution in [1.29, 1.82) is 0 Å². The molecule has 1 heterocycles. The molecule has 1 atom stereocenters. The van der Waals surface area contributed by atoms with Crippen LogP contribution >= 0.6 is 0 Å². The van der Waals surface area contributed by atoms with Crippen molar-refractivity contribution in [3.63, 3.8) is 0 Å². The molecule has 0 saturated heterocycles. The van der Waals surface area contributed by atoms with E-state index in [-0.39, 0.29) is 30.8 Å². The van der Waals surface area contributed by atoms with Crippen molar-refractivity contribution in [2.45, 2.75) is 25.1 Å². The van der Waals surface area contributed by atoms with Crippen LogP contribution in [0.1, 0.15) is 24.0 Å². The van der Waals surface area contributed by atoms with Gasteiger partial charge in [0, 0.05) is 12.0 Å². The highest BCUT2D eigenvalue weighted by atomic mass is 19.4. The molecule has 20 heavy (non-hydrogen) atoms. The summed E-state index contributed by atoms with van der Waals surface area (Å²) >= 11 is 0. The van der Waals surface area contributed by atoms with Crippen LogP contribution in [0.5, 0.6) is 0 Å². The third-order valence-corrected chi connectivity index (χ3v) is 2.83. The summed E-state index contributed by atoms with van der Waals surface area (Å²) in [5, 5.41) is 8.56. The topological polar surface area (TPSA) is 58.9 Å². The number of carbonyl (C=O) groups is 1. The number of hydrogen-bond donors (Lipinski definition) is 1. The summed E-state index contributed by atoms with van der Waals surface area (Å²) in [6, 6.07) is 4.71. The Hall–Kier alpha value is -2.05. The number of aliphatic imine (C=N–C) groups is 1. The van der Waals surface area contributed by atoms with Crippen molar-refractivity contribution in [1.82, 2.24) is 0 Å². The average molecular weight is 287 g/mol. The first kappa shape index (κ1) is 14.4. The molecule has 1 N–H and O–H groups in total. The van der Waals surface area contributed by atoms with Gasteiger partial charge in [0.25, 0.3) is 0 Å². The van der Waals surface area contributed by atoms with Crippen LogP contribution in [0.25, 0.3) is 0 Å². The minimum absolute atomic E-state index is 0.0595. The molecule has 1 aromatic rings. The fourth-order valence-corrected chi connectivity index (χ4v) is 1.84. The largest absolute Gasteiger partial charge is 0.481 e. The molecule has 0 spiro atoms. The van der Waals surface area contributed by atoms with Gasteiger partial charge in [-0.3, -0.25) is 4.79 Å². The lowest BCUT2D eigenvalue weighted by molar-refractivity contribution is -0.138. The van der Waals surface area contributed by atoms with Crippen LogP contribution in [0.4, 0.5) is 13.2 Å². The van der Waals surface area contributed by atoms with Crippen molar-refractivity contribution in [2.75, 3.05) is 6.54 Å². The number of hydrogen-bond acceptors (Lipinski definition) is 3. The van der Waals surface area contributed by atoms with Gasteiger partial charge in [-0.1, -0.05) is 6.07 Å². The van der Waals surface area contributed by atoms with Gasteiger partial charge >= 0.3 is 12.1 Å². The van der Waals surface area contributed by atoms with Crippen LogP contribution in [0.2, 0.25) is 0 Å². The molecule has 0 radical (unpaired) electrons. The van der Waals surface area contributed by atoms with E-state index >= 15 is 0 Å². The molecule has 7 heteroatoms. The van der Waals surface area contributed by atoms with E-state index in [0.717, 1.165) is 12.1 Å². The van der Waals surface area contributed by atoms with Crippen LogP contribution in [-0.2, 0) is 15.7 Å². The first-order valence-corrected chi connectivity index (χ1v) is 5.97. The summed E-state index contributed by atoms with van der Waals surface area (Å²) in [5.41, 5.74) is -0.520. The predicted octanol–water partition coefficient (Wildman–Crippen LogP) is 2.72. The van der Waals surface area contributed by atoms with Gasteiger partial charge < -0.3 is 9.84 Å². The van der Waals surface area contributed by atoms with Crippen LogP contribution in [-0.4, -0.2) is 29.6 Å². The Morgan fingerprint density at radius 3 is 2.85 bits per heavy atom. The molecular weight excluding hydrogens is 275 g/mol. The standard InChI is InChI=1S/C13H12F3NO3/c14-13(15,16)9-3-1-2-8(6-9)12-17-7-10(20-12)4-5-11(18)19/h1-3,6,10H,4-5,7H2,(H,18,19). The Bertz CT molecular complexity index is 540. The summed E-state index contributed by atoms with van der Waals surface area (Å²) in [5.74, 6) is -0.812. The molecule has 4 nitrogen and oxygen atoms in total. The third kappa shape index (κ3) is 3.49. The molecule has 2 rings (SSSR count). The van der Waals surface area contributed by atoms with Crippen LogP contribution < -0.4 is 0 Å². The number of carboxylic acids is 1. The molecular formula is C13H12F3NO3. The SMILES string of the molecule is O=C(O)CCC1CN=C(c2cccc(C(F)(F)F)c2)O1. The smallest absolute Gasteiger partial charge is 0.416 e. The zero-order valence-corrected chi connectivity index (χ0v) is 10.4. The van der Waals surface area contributed by atoms with Crippen molar-refractivity contribution < 1.29 is 27.8 Å². The van der Waals surface area contributed by atoms with Gasteiger partial charge in [-0.2, -0.15) is 13.2 Å². The van der Waals surface area contributed by atoms with Crippen LogP contribution in [0.15, 0.2) is 29.3 Å². The van der Waals surface area contributed by atoms with Gasteiger partial charge in [0.15, 0.2) is 0 Å². The highest BCUT2D eigenvalue weighted by molar-refractivity contribution is 5.95. The second-order valence-corrected chi connectivity index (χ2v) is 4.40. The molecule has 0 aliphatic carbocycles. The summed E-state index contributed by atoms with van der Waals surface area (Å²) in [7, 11) is 0. The average Bonchev–Trinajstić information content (AvgIpc) is 2.84. The van der Waals surface area contributed by atoms with Crippen LogP contribution in [0.3, 0.4) is 0 Å². The lowest BCUT2D eigenvalue weighted by Crippen LogP contribution is -2.15. The van der Waals surface area contributed by atoms with Crippen molar-refractivity contribution in [2.24, 2.45) is 4.99 Å². The monoisotopic (exact) mass is 287 g/mol. The van der Waals surface area contributed by atoms with Gasteiger partial charge in [-0.15, -0.1) is 0 Å². The number of ether oxygens (including phenoxy) is 1. The number of aliphatic carboxylic acids is 1. The minimum atomic E-state index is -4.42. The molecule has 1 aromatic carbocycles. The first-order chi connectivity index (χ1) is 9.36. The number of carboxylic acid groups (broad SMARTS) is 1. The molecule has 0 bridgehead atoms. The maximum atomic E-state index is 12.6. The van der Waals surface area contributed by atoms with Gasteiger partial charge in [-0.25, -0.2) is 4.99 Å². The second kappa shape index (κ2) is 5.52. The Kier molecular flexibility index (Phi) is 3.96. The van der Waals surface area contributed by atoms with Gasteiger partial charge in [0.05, 0.1) is 12.1 Å². The van der Waals surface area contributed by atoms with Crippen molar-refractivity contribution >= 4 is 11.9 Å². The summed E-state index contributed by atoms with van der Waals surface area (Å²) < 4.78 is 43.2. The Morgan fingerprint density at radius 2 is 2.20 bits per heavy atom. The second-order valence-electron chi connectivity index (χ2n) is 4.40. The van der Waals surface area contributed by atoms with Crippen LogP contribution in [0, 0.1) is 0 Å². The number of rotatable bonds is 4. The molecule has 0 aromatic heterocycles. The molecule has 108 valence electrons. The van der Waals surface area contributed by atoms with E-state index in [9.17, 15) is 18.0 Å². The number of benzene rings is 1. The van der Waals surface area contributed by atoms with Gasteiger partial charge in [0.1, 0.15) is 6.10 Å². The molecule has 1 aliphatic heterocycles. The van der Waals surface area contributed by atoms with E-state index in [1.54, 1.807) is 0 Å². The molecule has 0 saturated carbocycles. The molecule has 0 fully saturated rings. The fourth-order valence-electron chi connectivity index (χ4n) is 1.84. The molecule has 1 unspecified atom stereocenters. The van der Waals surface area contributed by atoms with E-state index in [1.807, 2.05) is 0 Å². The van der Waals surface area contributed by atoms with E-state index in [4.69, 9.17) is 9.84 Å². The van der Waals surface area contributed by atoms with Crippen molar-refractivity contribution in [3.05, 3.63) is 35.4 Å². The summed E-state index contributed by atoms with van der Waals surface area (Å²) in [4.78, 5) is 14.5. The maximum absolute atomic E-state index is 12.6. The highest BCUT2D eigenvalue weighted by Gasteiger charge is 2.31. The number of alkyl halides is 3. The van der Waals surface area contributed by atoms with Gasteiger partial charge in [-0.05, 0) is 24.6 Å². The number of halogens is 3. The normalized spacial score (nSPS) is 18.6. The highest BCUT2D eigenvalue weighted by Crippen LogP contribution is 2.30. The lowest BCUT2D eigenvalue weighted by Gasteiger charge is -2.11. The predicted molar refractivity (Wildman–Crippen MR) is 64.6 cm³/mol. The zero-order chi connectivity index (χ0) is 14.8.